The van der Waals surface area contributed by atoms with Gasteiger partial charge in [-0.3, -0.25) is 4.79 Å². The van der Waals surface area contributed by atoms with E-state index >= 15 is 0 Å². The molecule has 0 aliphatic carbocycles. The van der Waals surface area contributed by atoms with Gasteiger partial charge in [-0.25, -0.2) is 0 Å². The number of rotatable bonds is 11. The molecule has 0 fully saturated rings. The highest BCUT2D eigenvalue weighted by molar-refractivity contribution is 6.32. The SMILES string of the molecule is COc1ccc(CCNCc2cc(Cl)c(OCC(N)=O)c(OC)c2)cc1OC. The van der Waals surface area contributed by atoms with E-state index in [2.05, 4.69) is 5.32 Å². The minimum atomic E-state index is -0.584. The number of hydrogen-bond donors (Lipinski definition) is 2. The molecule has 28 heavy (non-hydrogen) atoms. The number of methoxy groups -OCH3 is 3. The Kier molecular flexibility index (Phi) is 8.22. The Hall–Kier alpha value is -2.64. The summed E-state index contributed by atoms with van der Waals surface area (Å²) in [6.07, 6.45) is 0.824. The summed E-state index contributed by atoms with van der Waals surface area (Å²) in [5, 5.41) is 3.72. The zero-order valence-electron chi connectivity index (χ0n) is 16.2. The summed E-state index contributed by atoms with van der Waals surface area (Å²) in [7, 11) is 4.74. The molecular weight excluding hydrogens is 384 g/mol. The van der Waals surface area contributed by atoms with Gasteiger partial charge >= 0.3 is 0 Å². The van der Waals surface area contributed by atoms with E-state index in [0.717, 1.165) is 24.1 Å². The van der Waals surface area contributed by atoms with Crippen molar-refractivity contribution in [3.63, 3.8) is 0 Å². The van der Waals surface area contributed by atoms with E-state index in [0.29, 0.717) is 34.6 Å². The highest BCUT2D eigenvalue weighted by atomic mass is 35.5. The van der Waals surface area contributed by atoms with Crippen LogP contribution in [-0.2, 0) is 17.8 Å². The van der Waals surface area contributed by atoms with E-state index in [9.17, 15) is 4.79 Å². The second-order valence-electron chi connectivity index (χ2n) is 5.98. The van der Waals surface area contributed by atoms with Crippen LogP contribution in [0.4, 0.5) is 0 Å². The maximum absolute atomic E-state index is 10.9. The van der Waals surface area contributed by atoms with Crippen LogP contribution in [0.2, 0.25) is 5.02 Å². The lowest BCUT2D eigenvalue weighted by molar-refractivity contribution is -0.119. The standard InChI is InChI=1S/C20H25ClN2O5/c1-25-16-5-4-13(9-17(16)26-2)6-7-23-11-14-8-15(21)20(18(10-14)27-3)28-12-19(22)24/h4-5,8-10,23H,6-7,11-12H2,1-3H3,(H2,22,24). The molecule has 0 atom stereocenters. The number of carbonyl (C=O) groups excluding carboxylic acids is 1. The molecule has 0 bridgehead atoms. The molecule has 0 aliphatic heterocycles. The highest BCUT2D eigenvalue weighted by Gasteiger charge is 2.13. The first kappa shape index (κ1) is 21.7. The molecule has 0 saturated heterocycles. The van der Waals surface area contributed by atoms with Gasteiger partial charge in [0, 0.05) is 6.54 Å². The van der Waals surface area contributed by atoms with Crippen LogP contribution in [0, 0.1) is 0 Å². The Morgan fingerprint density at radius 1 is 1.00 bits per heavy atom. The van der Waals surface area contributed by atoms with Gasteiger partial charge in [0.1, 0.15) is 0 Å². The first-order valence-corrected chi connectivity index (χ1v) is 9.05. The zero-order chi connectivity index (χ0) is 20.5. The van der Waals surface area contributed by atoms with Crippen molar-refractivity contribution in [1.82, 2.24) is 5.32 Å². The molecule has 7 nitrogen and oxygen atoms in total. The van der Waals surface area contributed by atoms with Gasteiger partial charge in [-0.05, 0) is 48.4 Å². The summed E-state index contributed by atoms with van der Waals surface area (Å²) in [5.41, 5.74) is 7.17. The largest absolute Gasteiger partial charge is 0.493 e. The molecule has 1 amide bonds. The number of nitrogens with two attached hydrogens (primary N) is 1. The number of ether oxygens (including phenoxy) is 4. The van der Waals surface area contributed by atoms with Gasteiger partial charge in [-0.2, -0.15) is 0 Å². The number of carbonyl (C=O) groups is 1. The normalized spacial score (nSPS) is 10.4. The lowest BCUT2D eigenvalue weighted by Gasteiger charge is -2.14. The summed E-state index contributed by atoms with van der Waals surface area (Å²) in [4.78, 5) is 10.9. The number of nitrogens with one attached hydrogen (secondary N) is 1. The second-order valence-corrected chi connectivity index (χ2v) is 6.39. The quantitative estimate of drug-likeness (QED) is 0.555. The fraction of sp³-hybridized carbons (Fsp3) is 0.350. The van der Waals surface area contributed by atoms with E-state index < -0.39 is 5.91 Å². The van der Waals surface area contributed by atoms with Crippen molar-refractivity contribution in [2.75, 3.05) is 34.5 Å². The smallest absolute Gasteiger partial charge is 0.255 e. The Morgan fingerprint density at radius 3 is 2.32 bits per heavy atom. The molecule has 2 aromatic carbocycles. The maximum Gasteiger partial charge on any atom is 0.255 e. The Bertz CT molecular complexity index is 813. The van der Waals surface area contributed by atoms with Crippen LogP contribution in [0.1, 0.15) is 11.1 Å². The van der Waals surface area contributed by atoms with Gasteiger partial charge < -0.3 is 30.0 Å². The van der Waals surface area contributed by atoms with Gasteiger partial charge in [0.25, 0.3) is 5.91 Å². The summed E-state index contributed by atoms with van der Waals surface area (Å²) in [5.74, 6) is 1.59. The molecule has 0 aromatic heterocycles. The van der Waals surface area contributed by atoms with Crippen molar-refractivity contribution in [2.24, 2.45) is 5.73 Å². The van der Waals surface area contributed by atoms with Crippen LogP contribution in [0.15, 0.2) is 30.3 Å². The van der Waals surface area contributed by atoms with Gasteiger partial charge in [0.2, 0.25) is 0 Å². The molecule has 0 radical (unpaired) electrons. The summed E-state index contributed by atoms with van der Waals surface area (Å²) < 4.78 is 21.2. The average Bonchev–Trinajstić information content (AvgIpc) is 2.69. The number of halogens is 1. The molecule has 0 heterocycles. The fourth-order valence-corrected chi connectivity index (χ4v) is 2.95. The molecule has 0 aliphatic rings. The van der Waals surface area contributed by atoms with Crippen molar-refractivity contribution in [1.29, 1.82) is 0 Å². The van der Waals surface area contributed by atoms with Crippen molar-refractivity contribution in [3.8, 4) is 23.0 Å². The molecule has 152 valence electrons. The van der Waals surface area contributed by atoms with Crippen molar-refractivity contribution >= 4 is 17.5 Å². The minimum Gasteiger partial charge on any atom is -0.493 e. The topological polar surface area (TPSA) is 92.0 Å². The lowest BCUT2D eigenvalue weighted by atomic mass is 10.1. The first-order valence-electron chi connectivity index (χ1n) is 8.67. The van der Waals surface area contributed by atoms with Crippen LogP contribution in [-0.4, -0.2) is 40.4 Å². The van der Waals surface area contributed by atoms with Crippen molar-refractivity contribution in [3.05, 3.63) is 46.5 Å². The van der Waals surface area contributed by atoms with E-state index in [1.165, 1.54) is 7.11 Å². The van der Waals surface area contributed by atoms with E-state index in [-0.39, 0.29) is 6.61 Å². The molecule has 0 unspecified atom stereocenters. The molecule has 2 aromatic rings. The monoisotopic (exact) mass is 408 g/mol. The molecule has 0 saturated carbocycles. The zero-order valence-corrected chi connectivity index (χ0v) is 17.0. The molecular formula is C20H25ClN2O5. The molecule has 2 rings (SSSR count). The Labute approximate surface area is 169 Å². The average molecular weight is 409 g/mol. The molecule has 0 spiro atoms. The summed E-state index contributed by atoms with van der Waals surface area (Å²) in [6.45, 7) is 1.09. The number of primary amides is 1. The third-order valence-corrected chi connectivity index (χ3v) is 4.30. The second kappa shape index (κ2) is 10.6. The Morgan fingerprint density at radius 2 is 1.68 bits per heavy atom. The Balaban J connectivity index is 1.94. The van der Waals surface area contributed by atoms with Crippen LogP contribution in [0.3, 0.4) is 0 Å². The summed E-state index contributed by atoms with van der Waals surface area (Å²) >= 11 is 6.26. The first-order chi connectivity index (χ1) is 13.5. The van der Waals surface area contributed by atoms with Crippen molar-refractivity contribution < 1.29 is 23.7 Å². The van der Waals surface area contributed by atoms with Gasteiger partial charge in [0.15, 0.2) is 29.6 Å². The summed E-state index contributed by atoms with van der Waals surface area (Å²) in [6, 6.07) is 9.44. The third-order valence-electron chi connectivity index (χ3n) is 4.02. The van der Waals surface area contributed by atoms with Crippen LogP contribution >= 0.6 is 11.6 Å². The van der Waals surface area contributed by atoms with Gasteiger partial charge in [-0.15, -0.1) is 0 Å². The van der Waals surface area contributed by atoms with Gasteiger partial charge in [-0.1, -0.05) is 17.7 Å². The van der Waals surface area contributed by atoms with Crippen molar-refractivity contribution in [2.45, 2.75) is 13.0 Å². The van der Waals surface area contributed by atoms with Crippen LogP contribution in [0.5, 0.6) is 23.0 Å². The predicted molar refractivity (Wildman–Crippen MR) is 108 cm³/mol. The number of amides is 1. The lowest BCUT2D eigenvalue weighted by Crippen LogP contribution is -2.20. The van der Waals surface area contributed by atoms with Gasteiger partial charge in [0.05, 0.1) is 26.4 Å². The number of hydrogen-bond acceptors (Lipinski definition) is 6. The fourth-order valence-electron chi connectivity index (χ4n) is 2.66. The number of benzene rings is 2. The molecule has 3 N–H and O–H groups in total. The van der Waals surface area contributed by atoms with E-state index in [1.54, 1.807) is 20.3 Å². The molecule has 8 heteroatoms. The third kappa shape index (κ3) is 5.94. The van der Waals surface area contributed by atoms with Crippen LogP contribution in [0.25, 0.3) is 0 Å². The predicted octanol–water partition coefficient (Wildman–Crippen LogP) is 2.56. The van der Waals surface area contributed by atoms with Crippen LogP contribution < -0.4 is 30.0 Å². The maximum atomic E-state index is 10.9. The van der Waals surface area contributed by atoms with E-state index in [4.69, 9.17) is 36.3 Å². The van der Waals surface area contributed by atoms with E-state index in [1.807, 2.05) is 24.3 Å². The highest BCUT2D eigenvalue weighted by Crippen LogP contribution is 2.36. The minimum absolute atomic E-state index is 0.265.